The number of hydrogen-bond donors (Lipinski definition) is 1. The Morgan fingerprint density at radius 3 is 2.93 bits per heavy atom. The average molecular weight is 226 g/mol. The lowest BCUT2D eigenvalue weighted by Gasteiger charge is -2.29. The monoisotopic (exact) mass is 226 g/mol. The molecule has 0 spiro atoms. The number of piperazine rings is 1. The molecule has 0 aliphatic carbocycles. The third-order valence-electron chi connectivity index (χ3n) is 2.47. The fraction of sp³-hybridized carbons (Fsp3) is 0.500. The van der Waals surface area contributed by atoms with E-state index >= 15 is 0 Å². The Morgan fingerprint density at radius 1 is 1.53 bits per heavy atom. The van der Waals surface area contributed by atoms with Gasteiger partial charge in [0, 0.05) is 26.2 Å². The molecule has 82 valence electrons. The highest BCUT2D eigenvalue weighted by Crippen LogP contribution is 2.27. The average Bonchev–Trinajstić information content (AvgIpc) is 2.78. The largest absolute Gasteiger partial charge is 0.465 e. The number of methoxy groups -OCH3 is 1. The summed E-state index contributed by atoms with van der Waals surface area (Å²) >= 11 is 1.44. The number of hydrogen-bond acceptors (Lipinski definition) is 5. The number of carbonyl (C=O) groups is 1. The van der Waals surface area contributed by atoms with Crippen LogP contribution >= 0.6 is 11.3 Å². The summed E-state index contributed by atoms with van der Waals surface area (Å²) in [5.41, 5.74) is 1.01. The van der Waals surface area contributed by atoms with Crippen LogP contribution in [-0.2, 0) is 4.74 Å². The second-order valence-electron chi connectivity index (χ2n) is 3.36. The summed E-state index contributed by atoms with van der Waals surface area (Å²) in [6.07, 6.45) is 0. The number of nitrogens with zero attached hydrogens (tertiary/aromatic N) is 1. The maximum absolute atomic E-state index is 11.5. The molecule has 0 atom stereocenters. The summed E-state index contributed by atoms with van der Waals surface area (Å²) in [7, 11) is 1.42. The summed E-state index contributed by atoms with van der Waals surface area (Å²) in [6, 6.07) is 1.99. The van der Waals surface area contributed by atoms with Crippen LogP contribution < -0.4 is 10.2 Å². The molecular weight excluding hydrogens is 212 g/mol. The highest BCUT2D eigenvalue weighted by Gasteiger charge is 2.19. The lowest BCUT2D eigenvalue weighted by Crippen LogP contribution is -2.43. The maximum atomic E-state index is 11.5. The first-order valence-electron chi connectivity index (χ1n) is 4.94. The predicted molar refractivity (Wildman–Crippen MR) is 60.7 cm³/mol. The van der Waals surface area contributed by atoms with Crippen LogP contribution in [0.5, 0.6) is 0 Å². The van der Waals surface area contributed by atoms with Crippen molar-refractivity contribution in [3.05, 3.63) is 16.3 Å². The van der Waals surface area contributed by atoms with Crippen molar-refractivity contribution in [3.8, 4) is 0 Å². The molecule has 2 rings (SSSR count). The van der Waals surface area contributed by atoms with Crippen molar-refractivity contribution in [1.82, 2.24) is 5.32 Å². The molecule has 1 aromatic rings. The van der Waals surface area contributed by atoms with Gasteiger partial charge in [0.2, 0.25) is 0 Å². The first kappa shape index (κ1) is 10.4. The van der Waals surface area contributed by atoms with Gasteiger partial charge in [0.15, 0.2) is 0 Å². The van der Waals surface area contributed by atoms with Gasteiger partial charge in [-0.15, -0.1) is 11.3 Å². The van der Waals surface area contributed by atoms with Gasteiger partial charge in [-0.25, -0.2) is 4.79 Å². The van der Waals surface area contributed by atoms with Crippen LogP contribution in [0.3, 0.4) is 0 Å². The molecule has 1 N–H and O–H groups in total. The molecular formula is C10H14N2O2S. The van der Waals surface area contributed by atoms with Crippen molar-refractivity contribution in [2.45, 2.75) is 0 Å². The zero-order valence-corrected chi connectivity index (χ0v) is 9.47. The van der Waals surface area contributed by atoms with Crippen LogP contribution in [0, 0.1) is 0 Å². The van der Waals surface area contributed by atoms with E-state index in [1.165, 1.54) is 18.4 Å². The molecule has 0 bridgehead atoms. The zero-order chi connectivity index (χ0) is 10.7. The standard InChI is InChI=1S/C10H14N2O2S/c1-14-10(13)9-8(2-7-15-9)12-5-3-11-4-6-12/h2,7,11H,3-6H2,1H3. The second kappa shape index (κ2) is 4.63. The third kappa shape index (κ3) is 2.13. The highest BCUT2D eigenvalue weighted by molar-refractivity contribution is 7.12. The molecule has 0 radical (unpaired) electrons. The lowest BCUT2D eigenvalue weighted by molar-refractivity contribution is 0.0607. The van der Waals surface area contributed by atoms with Crippen LogP contribution in [0.15, 0.2) is 11.4 Å². The van der Waals surface area contributed by atoms with E-state index in [-0.39, 0.29) is 5.97 Å². The molecule has 1 aliphatic heterocycles. The fourth-order valence-corrected chi connectivity index (χ4v) is 2.53. The van der Waals surface area contributed by atoms with Crippen molar-refractivity contribution >= 4 is 23.0 Å². The molecule has 2 heterocycles. The predicted octanol–water partition coefficient (Wildman–Crippen LogP) is 0.944. The van der Waals surface area contributed by atoms with Gasteiger partial charge in [-0.2, -0.15) is 0 Å². The van der Waals surface area contributed by atoms with Crippen molar-refractivity contribution in [3.63, 3.8) is 0 Å². The molecule has 0 aromatic carbocycles. The van der Waals surface area contributed by atoms with Gasteiger partial charge < -0.3 is 15.0 Å². The van der Waals surface area contributed by atoms with Crippen molar-refractivity contribution < 1.29 is 9.53 Å². The van der Waals surface area contributed by atoms with E-state index in [4.69, 9.17) is 4.74 Å². The number of carbonyl (C=O) groups excluding carboxylic acids is 1. The number of thiophene rings is 1. The molecule has 0 saturated carbocycles. The number of nitrogens with one attached hydrogen (secondary N) is 1. The first-order chi connectivity index (χ1) is 7.33. The minimum Gasteiger partial charge on any atom is -0.465 e. The van der Waals surface area contributed by atoms with E-state index in [1.807, 2.05) is 11.4 Å². The van der Waals surface area contributed by atoms with E-state index in [1.54, 1.807) is 0 Å². The Balaban J connectivity index is 2.19. The van der Waals surface area contributed by atoms with E-state index < -0.39 is 0 Å². The van der Waals surface area contributed by atoms with Crippen molar-refractivity contribution in [2.24, 2.45) is 0 Å². The Bertz CT molecular complexity index is 345. The number of rotatable bonds is 2. The number of anilines is 1. The van der Waals surface area contributed by atoms with E-state index in [9.17, 15) is 4.79 Å². The van der Waals surface area contributed by atoms with E-state index in [0.717, 1.165) is 31.9 Å². The molecule has 1 saturated heterocycles. The van der Waals surface area contributed by atoms with Gasteiger partial charge in [0.05, 0.1) is 12.8 Å². The summed E-state index contributed by atoms with van der Waals surface area (Å²) in [4.78, 5) is 14.4. The second-order valence-corrected chi connectivity index (χ2v) is 4.28. The highest BCUT2D eigenvalue weighted by atomic mass is 32.1. The summed E-state index contributed by atoms with van der Waals surface area (Å²) < 4.78 is 4.76. The van der Waals surface area contributed by atoms with E-state index in [0.29, 0.717) is 4.88 Å². The minimum absolute atomic E-state index is 0.237. The Kier molecular flexibility index (Phi) is 3.23. The molecule has 15 heavy (non-hydrogen) atoms. The van der Waals surface area contributed by atoms with Crippen molar-refractivity contribution in [2.75, 3.05) is 38.2 Å². The Labute approximate surface area is 92.8 Å². The summed E-state index contributed by atoms with van der Waals surface area (Å²) in [6.45, 7) is 3.83. The number of esters is 1. The quantitative estimate of drug-likeness (QED) is 0.762. The Hall–Kier alpha value is -1.07. The van der Waals surface area contributed by atoms with Crippen LogP contribution in [0.25, 0.3) is 0 Å². The van der Waals surface area contributed by atoms with Gasteiger partial charge in [0.25, 0.3) is 0 Å². The zero-order valence-electron chi connectivity index (χ0n) is 8.66. The lowest BCUT2D eigenvalue weighted by atomic mass is 10.3. The van der Waals surface area contributed by atoms with Gasteiger partial charge >= 0.3 is 5.97 Å². The molecule has 0 unspecified atom stereocenters. The SMILES string of the molecule is COC(=O)c1sccc1N1CCNCC1. The Morgan fingerprint density at radius 2 is 2.27 bits per heavy atom. The van der Waals surface area contributed by atoms with Crippen molar-refractivity contribution in [1.29, 1.82) is 0 Å². The smallest absolute Gasteiger partial charge is 0.350 e. The molecule has 4 nitrogen and oxygen atoms in total. The third-order valence-corrected chi connectivity index (χ3v) is 3.36. The molecule has 1 fully saturated rings. The van der Waals surface area contributed by atoms with Gasteiger partial charge in [-0.1, -0.05) is 0 Å². The van der Waals surface area contributed by atoms with Gasteiger partial charge in [0.1, 0.15) is 4.88 Å². The van der Waals surface area contributed by atoms with Crippen LogP contribution in [0.4, 0.5) is 5.69 Å². The normalized spacial score (nSPS) is 16.5. The summed E-state index contributed by atoms with van der Waals surface area (Å²) in [5.74, 6) is -0.237. The van der Waals surface area contributed by atoms with Gasteiger partial charge in [-0.05, 0) is 11.4 Å². The summed E-state index contributed by atoms with van der Waals surface area (Å²) in [5, 5.41) is 5.22. The van der Waals surface area contributed by atoms with Gasteiger partial charge in [-0.3, -0.25) is 0 Å². The number of ether oxygens (including phenoxy) is 1. The molecule has 1 aromatic heterocycles. The van der Waals surface area contributed by atoms with Crippen LogP contribution in [0.2, 0.25) is 0 Å². The van der Waals surface area contributed by atoms with Crippen LogP contribution in [0.1, 0.15) is 9.67 Å². The maximum Gasteiger partial charge on any atom is 0.350 e. The topological polar surface area (TPSA) is 41.6 Å². The fourth-order valence-electron chi connectivity index (χ4n) is 1.70. The molecule has 0 amide bonds. The van der Waals surface area contributed by atoms with Crippen LogP contribution in [-0.4, -0.2) is 39.3 Å². The molecule has 1 aliphatic rings. The van der Waals surface area contributed by atoms with E-state index in [2.05, 4.69) is 10.2 Å². The molecule has 5 heteroatoms. The first-order valence-corrected chi connectivity index (χ1v) is 5.82. The minimum atomic E-state index is -0.237.